The molecule has 1 aromatic rings. The van der Waals surface area contributed by atoms with Crippen molar-refractivity contribution < 1.29 is 4.39 Å². The summed E-state index contributed by atoms with van der Waals surface area (Å²) in [5, 5.41) is 0. The van der Waals surface area contributed by atoms with E-state index in [0.717, 1.165) is 0 Å². The molecule has 0 spiro atoms. The van der Waals surface area contributed by atoms with Gasteiger partial charge in [-0.1, -0.05) is 6.07 Å². The maximum absolute atomic E-state index is 12.9. The quantitative estimate of drug-likeness (QED) is 0.596. The first-order valence-corrected chi connectivity index (χ1v) is 3.18. The Balaban J connectivity index is 3.20. The fourth-order valence-electron chi connectivity index (χ4n) is 0.826. The van der Waals surface area contributed by atoms with Gasteiger partial charge in [0.2, 0.25) is 0 Å². The van der Waals surface area contributed by atoms with Crippen LogP contribution in [0.2, 0.25) is 0 Å². The van der Waals surface area contributed by atoms with Gasteiger partial charge < -0.3 is 11.5 Å². The van der Waals surface area contributed by atoms with Gasteiger partial charge in [0.05, 0.1) is 0 Å². The summed E-state index contributed by atoms with van der Waals surface area (Å²) in [4.78, 5) is 0. The SMILES string of the molecule is N/C=C\c1c(N)cccc1F. The molecular formula is C8H9FN2. The lowest BCUT2D eigenvalue weighted by molar-refractivity contribution is 0.626. The van der Waals surface area contributed by atoms with E-state index < -0.39 is 0 Å². The van der Waals surface area contributed by atoms with Crippen LogP contribution in [0, 0.1) is 5.82 Å². The van der Waals surface area contributed by atoms with Gasteiger partial charge in [-0.15, -0.1) is 0 Å². The van der Waals surface area contributed by atoms with Gasteiger partial charge in [-0.25, -0.2) is 4.39 Å². The summed E-state index contributed by atoms with van der Waals surface area (Å²) in [5.74, 6) is -0.355. The molecular weight excluding hydrogens is 143 g/mol. The van der Waals surface area contributed by atoms with Crippen LogP contribution < -0.4 is 11.5 Å². The van der Waals surface area contributed by atoms with Crippen LogP contribution >= 0.6 is 0 Å². The molecule has 1 aromatic carbocycles. The number of anilines is 1. The topological polar surface area (TPSA) is 52.0 Å². The number of nitrogens with two attached hydrogens (primary N) is 2. The molecule has 11 heavy (non-hydrogen) atoms. The number of hydrogen-bond donors (Lipinski definition) is 2. The summed E-state index contributed by atoms with van der Waals surface area (Å²) in [6, 6.07) is 4.52. The zero-order valence-electron chi connectivity index (χ0n) is 5.92. The lowest BCUT2D eigenvalue weighted by atomic mass is 10.1. The molecule has 1 rings (SSSR count). The zero-order valence-corrected chi connectivity index (χ0v) is 5.92. The van der Waals surface area contributed by atoms with Crippen LogP contribution in [0.4, 0.5) is 10.1 Å². The molecule has 0 aliphatic rings. The average Bonchev–Trinajstić information content (AvgIpc) is 1.97. The zero-order chi connectivity index (χ0) is 8.27. The van der Waals surface area contributed by atoms with E-state index in [4.69, 9.17) is 11.5 Å². The second-order valence-corrected chi connectivity index (χ2v) is 2.10. The number of nitrogen functional groups attached to an aromatic ring is 1. The first kappa shape index (κ1) is 7.60. The van der Waals surface area contributed by atoms with Crippen molar-refractivity contribution in [2.75, 3.05) is 5.73 Å². The summed E-state index contributed by atoms with van der Waals surface area (Å²) in [6.45, 7) is 0. The fourth-order valence-corrected chi connectivity index (χ4v) is 0.826. The highest BCUT2D eigenvalue weighted by atomic mass is 19.1. The molecule has 0 fully saturated rings. The Morgan fingerprint density at radius 2 is 2.09 bits per heavy atom. The molecule has 0 heterocycles. The number of rotatable bonds is 1. The molecule has 0 atom stereocenters. The molecule has 0 aliphatic carbocycles. The van der Waals surface area contributed by atoms with Gasteiger partial charge in [0.25, 0.3) is 0 Å². The van der Waals surface area contributed by atoms with Crippen molar-refractivity contribution in [3.8, 4) is 0 Å². The van der Waals surface area contributed by atoms with E-state index >= 15 is 0 Å². The minimum Gasteiger partial charge on any atom is -0.405 e. The minimum absolute atomic E-state index is 0.343. The van der Waals surface area contributed by atoms with E-state index in [1.54, 1.807) is 12.1 Å². The summed E-state index contributed by atoms with van der Waals surface area (Å²) in [6.07, 6.45) is 2.69. The van der Waals surface area contributed by atoms with Gasteiger partial charge in [0, 0.05) is 11.3 Å². The molecule has 0 saturated heterocycles. The van der Waals surface area contributed by atoms with Crippen molar-refractivity contribution in [3.05, 3.63) is 35.8 Å². The van der Waals surface area contributed by atoms with Crippen molar-refractivity contribution in [3.63, 3.8) is 0 Å². The molecule has 4 N–H and O–H groups in total. The van der Waals surface area contributed by atoms with E-state index in [1.165, 1.54) is 18.3 Å². The molecule has 0 aliphatic heterocycles. The van der Waals surface area contributed by atoms with E-state index in [1.807, 2.05) is 0 Å². The smallest absolute Gasteiger partial charge is 0.132 e. The van der Waals surface area contributed by atoms with Crippen molar-refractivity contribution >= 4 is 11.8 Å². The van der Waals surface area contributed by atoms with Crippen molar-refractivity contribution in [1.29, 1.82) is 0 Å². The van der Waals surface area contributed by atoms with Crippen LogP contribution in [0.15, 0.2) is 24.4 Å². The normalized spacial score (nSPS) is 10.6. The van der Waals surface area contributed by atoms with Gasteiger partial charge in [-0.05, 0) is 24.4 Å². The Bertz CT molecular complexity index is 261. The summed E-state index contributed by atoms with van der Waals surface area (Å²) in [7, 11) is 0. The van der Waals surface area contributed by atoms with Gasteiger partial charge in [-0.2, -0.15) is 0 Å². The third-order valence-corrected chi connectivity index (χ3v) is 1.35. The van der Waals surface area contributed by atoms with E-state index in [-0.39, 0.29) is 5.82 Å². The van der Waals surface area contributed by atoms with Crippen LogP contribution in [0.25, 0.3) is 6.08 Å². The van der Waals surface area contributed by atoms with Gasteiger partial charge in [-0.3, -0.25) is 0 Å². The summed E-state index contributed by atoms with van der Waals surface area (Å²) >= 11 is 0. The Hall–Kier alpha value is -1.51. The lowest BCUT2D eigenvalue weighted by Crippen LogP contribution is -1.92. The minimum atomic E-state index is -0.355. The van der Waals surface area contributed by atoms with Crippen LogP contribution in [0.1, 0.15) is 5.56 Å². The Morgan fingerprint density at radius 1 is 1.36 bits per heavy atom. The molecule has 0 unspecified atom stereocenters. The Morgan fingerprint density at radius 3 is 2.64 bits per heavy atom. The van der Waals surface area contributed by atoms with Gasteiger partial charge in [0.1, 0.15) is 5.82 Å². The van der Waals surface area contributed by atoms with Crippen LogP contribution in [0.3, 0.4) is 0 Å². The van der Waals surface area contributed by atoms with Crippen LogP contribution in [0.5, 0.6) is 0 Å². The van der Waals surface area contributed by atoms with Gasteiger partial charge in [0.15, 0.2) is 0 Å². The molecule has 3 heteroatoms. The van der Waals surface area contributed by atoms with E-state index in [9.17, 15) is 4.39 Å². The molecule has 0 saturated carbocycles. The number of hydrogen-bond acceptors (Lipinski definition) is 2. The van der Waals surface area contributed by atoms with Crippen molar-refractivity contribution in [2.45, 2.75) is 0 Å². The highest BCUT2D eigenvalue weighted by Crippen LogP contribution is 2.16. The summed E-state index contributed by atoms with van der Waals surface area (Å²) < 4.78 is 12.9. The first-order chi connectivity index (χ1) is 5.25. The third kappa shape index (κ3) is 1.49. The van der Waals surface area contributed by atoms with E-state index in [2.05, 4.69) is 0 Å². The number of benzene rings is 1. The monoisotopic (exact) mass is 152 g/mol. The summed E-state index contributed by atoms with van der Waals surface area (Å²) in [5.41, 5.74) is 11.3. The predicted molar refractivity (Wildman–Crippen MR) is 44.0 cm³/mol. The fraction of sp³-hybridized carbons (Fsp3) is 0. The third-order valence-electron chi connectivity index (χ3n) is 1.35. The predicted octanol–water partition coefficient (Wildman–Crippen LogP) is 1.34. The highest BCUT2D eigenvalue weighted by Gasteiger charge is 1.99. The molecule has 0 bridgehead atoms. The maximum Gasteiger partial charge on any atom is 0.132 e. The standard InChI is InChI=1S/C8H9FN2/c9-7-2-1-3-8(11)6(7)4-5-10/h1-5H,10-11H2/b5-4-. The second-order valence-electron chi connectivity index (χ2n) is 2.10. The van der Waals surface area contributed by atoms with Crippen LogP contribution in [-0.2, 0) is 0 Å². The molecule has 0 amide bonds. The Labute approximate surface area is 64.3 Å². The first-order valence-electron chi connectivity index (χ1n) is 3.18. The Kier molecular flexibility index (Phi) is 2.11. The average molecular weight is 152 g/mol. The van der Waals surface area contributed by atoms with Crippen molar-refractivity contribution in [2.24, 2.45) is 5.73 Å². The highest BCUT2D eigenvalue weighted by molar-refractivity contribution is 5.64. The maximum atomic E-state index is 12.9. The molecule has 58 valence electrons. The van der Waals surface area contributed by atoms with E-state index in [0.29, 0.717) is 11.3 Å². The molecule has 0 radical (unpaired) electrons. The van der Waals surface area contributed by atoms with Crippen LogP contribution in [-0.4, -0.2) is 0 Å². The number of halogens is 1. The van der Waals surface area contributed by atoms with Gasteiger partial charge >= 0.3 is 0 Å². The largest absolute Gasteiger partial charge is 0.405 e. The molecule has 0 aromatic heterocycles. The molecule has 2 nitrogen and oxygen atoms in total. The lowest BCUT2D eigenvalue weighted by Gasteiger charge is -1.99. The van der Waals surface area contributed by atoms with Crippen molar-refractivity contribution in [1.82, 2.24) is 0 Å². The second kappa shape index (κ2) is 3.05.